The molecule has 0 aliphatic rings. The number of alkyl halides is 5. The normalized spacial score (nSPS) is 12.6. The molecule has 0 saturated carbocycles. The molecule has 0 fully saturated rings. The number of methoxy groups -OCH3 is 6. The molecule has 12 aromatic heterocycles. The van der Waals surface area contributed by atoms with Crippen LogP contribution in [0.2, 0.25) is 0 Å². The van der Waals surface area contributed by atoms with Crippen molar-refractivity contribution in [3.63, 3.8) is 0 Å². The molecule has 6 aromatic carbocycles. The fourth-order valence-electron chi connectivity index (χ4n) is 14.3. The number of hydrogen-bond donors (Lipinski definition) is 6. The molecule has 6 N–H and O–H groups in total. The SMILES string of the molecule is CC(C)CN(C)c1ccccc1CS(=O)c1nc2ccccc2[nH]1.COCCCOc1ccnc(CS(=O)c2nc3ccccc3[nH]2)c1C.COc1ccc2nc(S(=O)Cc3ncc(C)c(OC)c3C)[nH]c2c1.COc1ccnc(CS(=O)c2nc3ccc(OC(F)F)cc3[nH]2)c1OC.COc1ccnc(CS(=O)c2nc3cscc3[nH]2)c1.Cc1c(OCC(F)(F)F)ccnc1CS(=O)c1nc2ccccc2[nH]1. The maximum Gasteiger partial charge on any atom is 0.422 e. The molecule has 752 valence electrons. The van der Waals surface area contributed by atoms with E-state index in [1.54, 1.807) is 89.6 Å². The fraction of sp³-hybridized carbons (Fsp3) is 0.276. The number of pyridine rings is 5. The second kappa shape index (κ2) is 50.8. The number of benzene rings is 6. The van der Waals surface area contributed by atoms with Gasteiger partial charge in [-0.25, -0.2) is 29.9 Å². The number of imidazole rings is 6. The monoisotopic (exact) mass is 2090 g/mol. The number of thiophene rings is 1. The molecule has 6 unspecified atom stereocenters. The van der Waals surface area contributed by atoms with Crippen LogP contribution in [0.3, 0.4) is 0 Å². The van der Waals surface area contributed by atoms with Crippen molar-refractivity contribution >= 4 is 148 Å². The maximum absolute atomic E-state index is 12.8. The zero-order chi connectivity index (χ0) is 102. The summed E-state index contributed by atoms with van der Waals surface area (Å²) in [6.07, 6.45) is 4.33. The molecule has 0 radical (unpaired) electrons. The highest BCUT2D eigenvalue weighted by Gasteiger charge is 2.30. The lowest BCUT2D eigenvalue weighted by Crippen LogP contribution is -2.23. The second-order valence-electron chi connectivity index (χ2n) is 31.8. The number of nitrogens with zero attached hydrogens (tertiary/aromatic N) is 12. The van der Waals surface area contributed by atoms with Gasteiger partial charge in [-0.2, -0.15) is 22.0 Å². The number of fused-ring (bicyclic) bond motifs is 6. The van der Waals surface area contributed by atoms with Gasteiger partial charge in [-0.1, -0.05) is 68.4 Å². The van der Waals surface area contributed by atoms with Gasteiger partial charge in [0.2, 0.25) is 0 Å². The second-order valence-corrected chi connectivity index (χ2v) is 40.8. The number of anilines is 1. The summed E-state index contributed by atoms with van der Waals surface area (Å²) in [7, 11) is 3.41. The Morgan fingerprint density at radius 1 is 0.399 bits per heavy atom. The third kappa shape index (κ3) is 29.1. The lowest BCUT2D eigenvalue weighted by molar-refractivity contribution is -0.153. The van der Waals surface area contributed by atoms with Gasteiger partial charge in [0.05, 0.1) is 231 Å². The van der Waals surface area contributed by atoms with Crippen LogP contribution < -0.4 is 42.8 Å². The van der Waals surface area contributed by atoms with Crippen molar-refractivity contribution in [2.45, 2.75) is 126 Å². The van der Waals surface area contributed by atoms with Gasteiger partial charge in [0, 0.05) is 128 Å². The van der Waals surface area contributed by atoms with Gasteiger partial charge in [-0.05, 0) is 124 Å². The number of H-pyrrole nitrogens is 6. The van der Waals surface area contributed by atoms with Gasteiger partial charge in [0.25, 0.3) is 0 Å². The third-order valence-electron chi connectivity index (χ3n) is 21.3. The van der Waals surface area contributed by atoms with Crippen LogP contribution in [0.1, 0.15) is 76.6 Å². The number of aromatic nitrogens is 17. The summed E-state index contributed by atoms with van der Waals surface area (Å²) < 4.78 is 183. The van der Waals surface area contributed by atoms with Crippen LogP contribution in [-0.4, -0.2) is 199 Å². The molecule has 0 amide bonds. The lowest BCUT2D eigenvalue weighted by atomic mass is 10.1. The van der Waals surface area contributed by atoms with Gasteiger partial charge in [0.15, 0.2) is 49.0 Å². The van der Waals surface area contributed by atoms with E-state index in [2.05, 4.69) is 121 Å². The number of para-hydroxylation sites is 7. The molecule has 0 aliphatic heterocycles. The molecule has 143 heavy (non-hydrogen) atoms. The first-order valence-corrected chi connectivity index (χ1v) is 52.8. The minimum atomic E-state index is -4.42. The van der Waals surface area contributed by atoms with Gasteiger partial charge in [0.1, 0.15) is 40.0 Å². The predicted molar refractivity (Wildman–Crippen MR) is 543 cm³/mol. The lowest BCUT2D eigenvalue weighted by Gasteiger charge is -2.24. The van der Waals surface area contributed by atoms with Crippen molar-refractivity contribution in [3.05, 3.63) is 262 Å². The van der Waals surface area contributed by atoms with Crippen LogP contribution in [-0.2, 0) is 104 Å². The Hall–Kier alpha value is -13.7. The number of aromatic amines is 6. The largest absolute Gasteiger partial charge is 0.497 e. The highest BCUT2D eigenvalue weighted by atomic mass is 32.2. The molecule has 45 heteroatoms. The fourth-order valence-corrected chi connectivity index (χ4v) is 21.4. The van der Waals surface area contributed by atoms with Gasteiger partial charge in [-0.15, -0.1) is 11.3 Å². The molecule has 18 aromatic rings. The van der Waals surface area contributed by atoms with E-state index in [-0.39, 0.29) is 33.9 Å². The van der Waals surface area contributed by atoms with E-state index < -0.39 is 84.2 Å². The Morgan fingerprint density at radius 2 is 0.825 bits per heavy atom. The van der Waals surface area contributed by atoms with Crippen LogP contribution in [0.15, 0.2) is 236 Å². The van der Waals surface area contributed by atoms with E-state index in [4.69, 9.17) is 37.9 Å². The number of aryl methyl sites for hydroxylation is 1. The Morgan fingerprint density at radius 3 is 1.31 bits per heavy atom. The van der Waals surface area contributed by atoms with E-state index in [0.717, 1.165) is 125 Å². The van der Waals surface area contributed by atoms with E-state index >= 15 is 0 Å². The van der Waals surface area contributed by atoms with Crippen molar-refractivity contribution in [1.82, 2.24) is 84.7 Å². The van der Waals surface area contributed by atoms with E-state index in [0.29, 0.717) is 113 Å². The molecule has 18 rings (SSSR count). The smallest absolute Gasteiger partial charge is 0.422 e. The van der Waals surface area contributed by atoms with Crippen LogP contribution >= 0.6 is 11.3 Å². The first-order valence-electron chi connectivity index (χ1n) is 43.9. The first kappa shape index (κ1) is 107. The molecule has 0 aliphatic carbocycles. The van der Waals surface area contributed by atoms with Gasteiger partial charge in [-0.3, -0.25) is 50.2 Å². The topological polar surface area (TPSA) is 425 Å². The van der Waals surface area contributed by atoms with Gasteiger partial charge < -0.3 is 77.4 Å². The molecule has 0 spiro atoms. The number of rotatable bonds is 35. The Kier molecular flexibility index (Phi) is 37.9. The first-order chi connectivity index (χ1) is 68.9. The van der Waals surface area contributed by atoms with E-state index in [1.165, 1.54) is 50.9 Å². The zero-order valence-corrected chi connectivity index (χ0v) is 85.5. The summed E-state index contributed by atoms with van der Waals surface area (Å²) >= 11 is 1.57. The minimum absolute atomic E-state index is 0.00962. The summed E-state index contributed by atoms with van der Waals surface area (Å²) in [4.78, 5) is 67.8. The molecule has 0 bridgehead atoms. The van der Waals surface area contributed by atoms with Crippen LogP contribution in [0, 0.1) is 33.6 Å². The third-order valence-corrected chi connectivity index (χ3v) is 29.1. The van der Waals surface area contributed by atoms with Crippen molar-refractivity contribution in [1.29, 1.82) is 0 Å². The average molecular weight is 2090 g/mol. The summed E-state index contributed by atoms with van der Waals surface area (Å²) in [5, 5.41) is 6.29. The molecular formula is C98H103F5N18O15S7. The van der Waals surface area contributed by atoms with Crippen molar-refractivity contribution in [2.24, 2.45) is 5.92 Å². The van der Waals surface area contributed by atoms with Crippen LogP contribution in [0.25, 0.3) is 66.2 Å². The minimum Gasteiger partial charge on any atom is -0.497 e. The van der Waals surface area contributed by atoms with Crippen molar-refractivity contribution in [3.8, 4) is 46.0 Å². The summed E-state index contributed by atoms with van der Waals surface area (Å²) in [5.74, 6) is 5.91. The summed E-state index contributed by atoms with van der Waals surface area (Å²) in [5.41, 5.74) is 17.7. The number of halogens is 5. The molecule has 12 heterocycles. The number of nitrogens with one attached hydrogen (secondary N) is 6. The molecule has 33 nitrogen and oxygen atoms in total. The van der Waals surface area contributed by atoms with Crippen LogP contribution in [0.5, 0.6) is 46.0 Å². The Bertz CT molecular complexity index is 7400. The number of hydrogen-bond acceptors (Lipinski definition) is 28. The Labute approximate surface area is 837 Å². The van der Waals surface area contributed by atoms with Crippen molar-refractivity contribution < 1.29 is 89.8 Å². The van der Waals surface area contributed by atoms with E-state index in [1.807, 2.05) is 141 Å². The summed E-state index contributed by atoms with van der Waals surface area (Å²) in [6.45, 7) is 9.68. The molecule has 0 saturated heterocycles. The standard InChI is InChI=1S/C19H23N3OS.C18H21N3O3S.C17H19N3O3S.C16H14F3N3O2S.C16H15F2N3O4S.C12H11N3O2S2/c1-14(2)12-22(3)18-11-7-4-8-15(18)13-24(23)19-20-16-9-5-6-10-17(16)21-19;1-13-16(19-9-8-17(13)24-11-5-10-23-2)12-25(22)18-20-14-6-3-4-7-15(14)21-18;1-10-8-18-15(11(2)16(10)23-4)9-24(21)17-19-13-6-5-12(22-3)7-14(13)20-17;1-10-13(20-7-6-14(10)24-9-16(17,18)19)8-25(23)15-21-11-4-2-3-5-12(11)22-15;1-23-13-5-6-19-12(14(13)24-2)8-26(22)16-20-10-4-3-9(25-15(17)18)7-11(10)21-16;1-17-9-2-3-13-8(4-9)7-19(16)12-14-10-5-18-6-11(10)15-12/h4-11,14H,12-13H2,1-3H3,(H,20,21);3-4,6-9H,5,10-12H2,1-2H3,(H,20,21);5-8H,9H2,1-4H3,(H,19,20);2-7H,8-9H2,1H3,(H,21,22);3-7,15H,8H2,1-2H3,(H,20,21);2-6H,7H2,1H3,(H,14,15). The highest BCUT2D eigenvalue weighted by Crippen LogP contribution is 2.35. The van der Waals surface area contributed by atoms with E-state index in [9.17, 15) is 47.2 Å². The Balaban J connectivity index is 0.000000144. The summed E-state index contributed by atoms with van der Waals surface area (Å²) in [6, 6.07) is 48.9. The average Bonchev–Trinajstić information content (AvgIpc) is 1.69. The molecule has 6 atom stereocenters. The highest BCUT2D eigenvalue weighted by molar-refractivity contribution is 7.85. The van der Waals surface area contributed by atoms with Crippen molar-refractivity contribution in [2.75, 3.05) is 81.0 Å². The maximum atomic E-state index is 12.8. The molecular weight excluding hydrogens is 1990 g/mol. The van der Waals surface area contributed by atoms with Crippen LogP contribution in [0.4, 0.5) is 27.6 Å². The predicted octanol–water partition coefficient (Wildman–Crippen LogP) is 18.6. The van der Waals surface area contributed by atoms with Gasteiger partial charge >= 0.3 is 12.8 Å². The quantitative estimate of drug-likeness (QED) is 0.0159. The number of ether oxygens (including phenoxy) is 9. The zero-order valence-electron chi connectivity index (χ0n) is 79.8.